The van der Waals surface area contributed by atoms with Gasteiger partial charge in [0.15, 0.2) is 0 Å². The van der Waals surface area contributed by atoms with E-state index in [0.29, 0.717) is 0 Å². The van der Waals surface area contributed by atoms with E-state index in [0.717, 1.165) is 25.1 Å². The molecule has 146 valence electrons. The van der Waals surface area contributed by atoms with Gasteiger partial charge in [-0.05, 0) is 71.8 Å². The molecule has 1 aromatic rings. The van der Waals surface area contributed by atoms with Crippen molar-refractivity contribution in [3.05, 3.63) is 52.6 Å². The highest BCUT2D eigenvalue weighted by Crippen LogP contribution is 2.49. The van der Waals surface area contributed by atoms with E-state index in [1.54, 1.807) is 11.1 Å². The first-order valence-electron chi connectivity index (χ1n) is 10.1. The lowest BCUT2D eigenvalue weighted by molar-refractivity contribution is -0.131. The van der Waals surface area contributed by atoms with Crippen LogP contribution in [-0.2, 0) is 22.0 Å². The average Bonchev–Trinajstić information content (AvgIpc) is 2.57. The molecule has 0 bridgehead atoms. The summed E-state index contributed by atoms with van der Waals surface area (Å²) in [5.41, 5.74) is 7.30. The van der Waals surface area contributed by atoms with E-state index >= 15 is 0 Å². The molecule has 0 fully saturated rings. The molecular formula is C24H33NO2. The highest BCUT2D eigenvalue weighted by molar-refractivity contribution is 5.81. The molecule has 1 aromatic carbocycles. The van der Waals surface area contributed by atoms with E-state index in [1.165, 1.54) is 36.6 Å². The van der Waals surface area contributed by atoms with Gasteiger partial charge in [-0.25, -0.2) is 4.79 Å². The summed E-state index contributed by atoms with van der Waals surface area (Å²) in [6, 6.07) is 4.69. The second-order valence-corrected chi connectivity index (χ2v) is 9.43. The van der Waals surface area contributed by atoms with Crippen LogP contribution in [0.2, 0.25) is 0 Å². The van der Waals surface area contributed by atoms with Gasteiger partial charge in [-0.3, -0.25) is 0 Å². The number of fused-ring (bicyclic) bond motifs is 3. The molecule has 2 aliphatic rings. The number of carbonyl (C=O) groups is 1. The van der Waals surface area contributed by atoms with Gasteiger partial charge in [0, 0.05) is 24.9 Å². The van der Waals surface area contributed by atoms with Crippen molar-refractivity contribution in [2.75, 3.05) is 18.0 Å². The van der Waals surface area contributed by atoms with Gasteiger partial charge in [-0.2, -0.15) is 0 Å². The number of carboxylic acid groups (broad SMARTS) is 1. The summed E-state index contributed by atoms with van der Waals surface area (Å²) in [5, 5.41) is 8.85. The van der Waals surface area contributed by atoms with Crippen LogP contribution in [0.25, 0.3) is 0 Å². The molecule has 1 N–H and O–H groups in total. The van der Waals surface area contributed by atoms with Crippen molar-refractivity contribution in [1.82, 2.24) is 0 Å². The fraction of sp³-hybridized carbons (Fsp3) is 0.542. The lowest BCUT2D eigenvalue weighted by Gasteiger charge is -2.45. The zero-order chi connectivity index (χ0) is 19.8. The summed E-state index contributed by atoms with van der Waals surface area (Å²) in [6.45, 7) is 13.3. The third kappa shape index (κ3) is 3.97. The van der Waals surface area contributed by atoms with Crippen molar-refractivity contribution < 1.29 is 9.90 Å². The number of aliphatic carboxylic acids is 1. The maximum atomic E-state index is 10.8. The summed E-state index contributed by atoms with van der Waals surface area (Å²) in [4.78, 5) is 13.2. The van der Waals surface area contributed by atoms with E-state index in [-0.39, 0.29) is 10.8 Å². The first-order chi connectivity index (χ1) is 12.6. The number of anilines is 1. The number of rotatable bonds is 4. The molecule has 3 heteroatoms. The molecule has 1 aliphatic carbocycles. The molecule has 3 nitrogen and oxygen atoms in total. The molecule has 0 spiro atoms. The number of nitrogens with zero attached hydrogens (tertiary/aromatic N) is 1. The summed E-state index contributed by atoms with van der Waals surface area (Å²) in [5.74, 6) is -0.892. The van der Waals surface area contributed by atoms with E-state index < -0.39 is 5.97 Å². The molecule has 3 rings (SSSR count). The van der Waals surface area contributed by atoms with Gasteiger partial charge in [-0.15, -0.1) is 0 Å². The van der Waals surface area contributed by atoms with Crippen molar-refractivity contribution in [3.8, 4) is 0 Å². The molecule has 0 radical (unpaired) electrons. The molecular weight excluding hydrogens is 334 g/mol. The average molecular weight is 368 g/mol. The quantitative estimate of drug-likeness (QED) is 0.574. The number of hydrogen-bond donors (Lipinski definition) is 1. The van der Waals surface area contributed by atoms with Crippen LogP contribution in [-0.4, -0.2) is 24.2 Å². The minimum atomic E-state index is -0.892. The number of carboxylic acids is 1. The van der Waals surface area contributed by atoms with Crippen LogP contribution in [0.4, 0.5) is 5.69 Å². The molecule has 0 saturated carbocycles. The van der Waals surface area contributed by atoms with Crippen LogP contribution in [0.5, 0.6) is 0 Å². The Morgan fingerprint density at radius 3 is 2.59 bits per heavy atom. The third-order valence-corrected chi connectivity index (χ3v) is 6.32. The van der Waals surface area contributed by atoms with Gasteiger partial charge in [0.05, 0.1) is 0 Å². The topological polar surface area (TPSA) is 40.5 Å². The SMILES string of the molecule is CC(C=CCN1CCCc2c1ccc1c2C(C)(C)CCC1(C)C)=CC(=O)O. The predicted molar refractivity (Wildman–Crippen MR) is 113 cm³/mol. The van der Waals surface area contributed by atoms with Crippen LogP contribution >= 0.6 is 0 Å². The molecule has 0 aromatic heterocycles. The summed E-state index contributed by atoms with van der Waals surface area (Å²) < 4.78 is 0. The Hall–Kier alpha value is -2.03. The Morgan fingerprint density at radius 2 is 1.89 bits per heavy atom. The molecule has 27 heavy (non-hydrogen) atoms. The highest BCUT2D eigenvalue weighted by Gasteiger charge is 2.39. The summed E-state index contributed by atoms with van der Waals surface area (Å²) in [7, 11) is 0. The van der Waals surface area contributed by atoms with Gasteiger partial charge in [-0.1, -0.05) is 45.9 Å². The standard InChI is InChI=1S/C24H33NO2/c1-17(16-21(26)27)8-6-14-25-15-7-9-18-20(25)11-10-19-22(18)24(4,5)13-12-23(19,2)3/h6,8,10-11,16H,7,9,12-15H2,1-5H3,(H,26,27). The van der Waals surface area contributed by atoms with E-state index in [4.69, 9.17) is 5.11 Å². The van der Waals surface area contributed by atoms with E-state index in [1.807, 2.05) is 13.0 Å². The second-order valence-electron chi connectivity index (χ2n) is 9.43. The Morgan fingerprint density at radius 1 is 1.19 bits per heavy atom. The zero-order valence-corrected chi connectivity index (χ0v) is 17.4. The van der Waals surface area contributed by atoms with Crippen LogP contribution in [0.1, 0.15) is 70.6 Å². The van der Waals surface area contributed by atoms with Crippen molar-refractivity contribution in [3.63, 3.8) is 0 Å². The first-order valence-corrected chi connectivity index (χ1v) is 10.1. The number of benzene rings is 1. The largest absolute Gasteiger partial charge is 0.478 e. The van der Waals surface area contributed by atoms with Crippen LogP contribution in [0.15, 0.2) is 35.9 Å². The van der Waals surface area contributed by atoms with Crippen LogP contribution < -0.4 is 4.90 Å². The molecule has 0 unspecified atom stereocenters. The Bertz CT molecular complexity index is 799. The monoisotopic (exact) mass is 367 g/mol. The molecule has 0 amide bonds. The lowest BCUT2D eigenvalue weighted by Crippen LogP contribution is -2.38. The minimum absolute atomic E-state index is 0.232. The predicted octanol–water partition coefficient (Wildman–Crippen LogP) is 5.38. The first kappa shape index (κ1) is 19.7. The number of hydrogen-bond acceptors (Lipinski definition) is 2. The molecule has 1 aliphatic heterocycles. The summed E-state index contributed by atoms with van der Waals surface area (Å²) >= 11 is 0. The van der Waals surface area contributed by atoms with Gasteiger partial charge in [0.25, 0.3) is 0 Å². The maximum Gasteiger partial charge on any atom is 0.328 e. The Balaban J connectivity index is 1.94. The lowest BCUT2D eigenvalue weighted by atomic mass is 9.61. The highest BCUT2D eigenvalue weighted by atomic mass is 16.4. The minimum Gasteiger partial charge on any atom is -0.478 e. The smallest absolute Gasteiger partial charge is 0.328 e. The van der Waals surface area contributed by atoms with E-state index in [2.05, 4.69) is 50.8 Å². The third-order valence-electron chi connectivity index (χ3n) is 6.32. The fourth-order valence-electron chi connectivity index (χ4n) is 4.77. The Labute approximate surface area is 163 Å². The van der Waals surface area contributed by atoms with Gasteiger partial charge >= 0.3 is 5.97 Å². The van der Waals surface area contributed by atoms with Gasteiger partial charge < -0.3 is 10.0 Å². The summed E-state index contributed by atoms with van der Waals surface area (Å²) in [6.07, 6.45) is 10.1. The van der Waals surface area contributed by atoms with Crippen molar-refractivity contribution in [2.24, 2.45) is 0 Å². The Kier molecular flexibility index (Phi) is 5.24. The van der Waals surface area contributed by atoms with Gasteiger partial charge in [0.1, 0.15) is 0 Å². The zero-order valence-electron chi connectivity index (χ0n) is 17.4. The normalized spacial score (nSPS) is 21.1. The molecule has 0 atom stereocenters. The van der Waals surface area contributed by atoms with Crippen molar-refractivity contribution >= 4 is 11.7 Å². The molecule has 1 heterocycles. The second kappa shape index (κ2) is 7.18. The van der Waals surface area contributed by atoms with Crippen LogP contribution in [0, 0.1) is 0 Å². The van der Waals surface area contributed by atoms with Gasteiger partial charge in [0.2, 0.25) is 0 Å². The van der Waals surface area contributed by atoms with Crippen molar-refractivity contribution in [2.45, 2.75) is 71.1 Å². The van der Waals surface area contributed by atoms with Crippen molar-refractivity contribution in [1.29, 1.82) is 0 Å². The number of allylic oxidation sites excluding steroid dienone is 2. The maximum absolute atomic E-state index is 10.8. The van der Waals surface area contributed by atoms with E-state index in [9.17, 15) is 4.79 Å². The fourth-order valence-corrected chi connectivity index (χ4v) is 4.77. The van der Waals surface area contributed by atoms with Crippen LogP contribution in [0.3, 0.4) is 0 Å². The molecule has 0 saturated heterocycles.